The summed E-state index contributed by atoms with van der Waals surface area (Å²) in [5, 5.41) is 12.9. The molecule has 1 saturated heterocycles. The largest absolute Gasteiger partial charge is 0.317 e. The Kier molecular flexibility index (Phi) is 5.47. The molecule has 0 bridgehead atoms. The second kappa shape index (κ2) is 8.19. The van der Waals surface area contributed by atoms with Crippen molar-refractivity contribution in [2.75, 3.05) is 13.1 Å². The van der Waals surface area contributed by atoms with Gasteiger partial charge in [-0.25, -0.2) is 9.20 Å². The third kappa shape index (κ3) is 3.57. The molecule has 148 valence electrons. The maximum Gasteiger partial charge on any atom is 0.267 e. The highest BCUT2D eigenvalue weighted by Gasteiger charge is 2.21. The Morgan fingerprint density at radius 1 is 0.897 bits per heavy atom. The highest BCUT2D eigenvalue weighted by molar-refractivity contribution is 5.90. The number of halogens is 1. The minimum atomic E-state index is -0.0478. The number of fused-ring (bicyclic) bond motifs is 1. The summed E-state index contributed by atoms with van der Waals surface area (Å²) in [6.45, 7) is 1.82. The van der Waals surface area contributed by atoms with Gasteiger partial charge in [0.05, 0.1) is 22.8 Å². The Morgan fingerprint density at radius 2 is 1.66 bits per heavy atom. The summed E-state index contributed by atoms with van der Waals surface area (Å²) in [5.74, 6) is 0. The molecule has 1 aromatic carbocycles. The summed E-state index contributed by atoms with van der Waals surface area (Å²) >= 11 is 0. The van der Waals surface area contributed by atoms with Crippen molar-refractivity contribution in [3.8, 4) is 22.5 Å². The van der Waals surface area contributed by atoms with Crippen molar-refractivity contribution in [3.63, 3.8) is 0 Å². The van der Waals surface area contributed by atoms with Crippen LogP contribution in [-0.2, 0) is 0 Å². The van der Waals surface area contributed by atoms with Gasteiger partial charge in [-0.1, -0.05) is 36.4 Å². The summed E-state index contributed by atoms with van der Waals surface area (Å²) in [6.07, 6.45) is 3.77. The van der Waals surface area contributed by atoms with Gasteiger partial charge in [0.15, 0.2) is 0 Å². The zero-order chi connectivity index (χ0) is 18.9. The van der Waals surface area contributed by atoms with Crippen LogP contribution in [0.4, 0.5) is 0 Å². The minimum Gasteiger partial charge on any atom is -0.317 e. The molecule has 5 rings (SSSR count). The van der Waals surface area contributed by atoms with Gasteiger partial charge in [-0.15, -0.1) is 12.4 Å². The molecule has 0 radical (unpaired) electrons. The van der Waals surface area contributed by atoms with Crippen LogP contribution in [0.15, 0.2) is 71.7 Å². The predicted molar refractivity (Wildman–Crippen MR) is 117 cm³/mol. The first-order chi connectivity index (χ1) is 13.8. The summed E-state index contributed by atoms with van der Waals surface area (Å²) < 4.78 is 3.54. The third-order valence-electron chi connectivity index (χ3n) is 5.32. The second-order valence-electron chi connectivity index (χ2n) is 7.10. The molecule has 0 saturated carbocycles. The average Bonchev–Trinajstić information content (AvgIpc) is 3.15. The molecule has 1 fully saturated rings. The first-order valence-corrected chi connectivity index (χ1v) is 9.65. The standard InChI is InChI=1S/C22H21N5O.ClH/c28-20-10-9-18(24-27(20)17-11-13-23-14-12-17)21-19-8-4-5-15-26(19)25-22(21)16-6-2-1-3-7-16;/h1-10,15,17,23H,11-14H2;1H. The topological polar surface area (TPSA) is 64.2 Å². The van der Waals surface area contributed by atoms with Crippen LogP contribution in [0, 0.1) is 0 Å². The Labute approximate surface area is 174 Å². The van der Waals surface area contributed by atoms with Crippen LogP contribution in [0.3, 0.4) is 0 Å². The molecule has 29 heavy (non-hydrogen) atoms. The molecule has 0 spiro atoms. The van der Waals surface area contributed by atoms with Gasteiger partial charge in [0.2, 0.25) is 0 Å². The Morgan fingerprint density at radius 3 is 2.45 bits per heavy atom. The van der Waals surface area contributed by atoms with Gasteiger partial charge in [-0.3, -0.25) is 4.79 Å². The predicted octanol–water partition coefficient (Wildman–Crippen LogP) is 3.57. The highest BCUT2D eigenvalue weighted by atomic mass is 35.5. The van der Waals surface area contributed by atoms with E-state index in [9.17, 15) is 4.79 Å². The summed E-state index contributed by atoms with van der Waals surface area (Å²) in [4.78, 5) is 12.5. The van der Waals surface area contributed by atoms with E-state index in [1.807, 2.05) is 65.3 Å². The van der Waals surface area contributed by atoms with Crippen molar-refractivity contribution >= 4 is 17.9 Å². The molecule has 0 atom stereocenters. The Hall–Kier alpha value is -2.96. The molecule has 6 nitrogen and oxygen atoms in total. The number of pyridine rings is 1. The van der Waals surface area contributed by atoms with Gasteiger partial charge in [-0.05, 0) is 44.1 Å². The number of benzene rings is 1. The lowest BCUT2D eigenvalue weighted by atomic mass is 10.0. The molecule has 0 unspecified atom stereocenters. The molecular formula is C22H22ClN5O. The van der Waals surface area contributed by atoms with E-state index < -0.39 is 0 Å². The molecule has 3 aromatic heterocycles. The van der Waals surface area contributed by atoms with Crippen molar-refractivity contribution in [3.05, 3.63) is 77.2 Å². The fraction of sp³-hybridized carbons (Fsp3) is 0.227. The number of nitrogens with zero attached hydrogens (tertiary/aromatic N) is 4. The first kappa shape index (κ1) is 19.4. The molecule has 1 aliphatic rings. The molecule has 0 amide bonds. The number of hydrogen-bond donors (Lipinski definition) is 1. The van der Waals surface area contributed by atoms with Crippen molar-refractivity contribution < 1.29 is 0 Å². The lowest BCUT2D eigenvalue weighted by Crippen LogP contribution is -2.35. The number of nitrogens with one attached hydrogen (secondary N) is 1. The van der Waals surface area contributed by atoms with Crippen LogP contribution in [0.1, 0.15) is 18.9 Å². The van der Waals surface area contributed by atoms with Crippen LogP contribution in [-0.4, -0.2) is 32.5 Å². The van der Waals surface area contributed by atoms with E-state index in [1.54, 1.807) is 10.7 Å². The van der Waals surface area contributed by atoms with Crippen LogP contribution in [0.25, 0.3) is 28.0 Å². The lowest BCUT2D eigenvalue weighted by Gasteiger charge is -2.23. The van der Waals surface area contributed by atoms with E-state index in [2.05, 4.69) is 5.32 Å². The van der Waals surface area contributed by atoms with Gasteiger partial charge in [0.1, 0.15) is 5.69 Å². The Bertz CT molecular complexity index is 1180. The molecule has 7 heteroatoms. The van der Waals surface area contributed by atoms with Crippen LogP contribution in [0.5, 0.6) is 0 Å². The fourth-order valence-electron chi connectivity index (χ4n) is 3.92. The number of aromatic nitrogens is 4. The fourth-order valence-corrected chi connectivity index (χ4v) is 3.92. The highest BCUT2D eigenvalue weighted by Crippen LogP contribution is 2.33. The normalized spacial score (nSPS) is 14.6. The van der Waals surface area contributed by atoms with E-state index in [1.165, 1.54) is 0 Å². The van der Waals surface area contributed by atoms with E-state index in [-0.39, 0.29) is 24.0 Å². The third-order valence-corrected chi connectivity index (χ3v) is 5.32. The van der Waals surface area contributed by atoms with E-state index >= 15 is 0 Å². The summed E-state index contributed by atoms with van der Waals surface area (Å²) in [6, 6.07) is 19.7. The average molecular weight is 408 g/mol. The molecule has 4 heterocycles. The molecule has 1 N–H and O–H groups in total. The molecule has 0 aliphatic carbocycles. The van der Waals surface area contributed by atoms with Crippen molar-refractivity contribution in [2.24, 2.45) is 0 Å². The van der Waals surface area contributed by atoms with E-state index in [0.29, 0.717) is 0 Å². The van der Waals surface area contributed by atoms with Gasteiger partial charge in [0.25, 0.3) is 5.56 Å². The SMILES string of the molecule is Cl.O=c1ccc(-c2c(-c3ccccc3)nn3ccccc23)nn1C1CCNCC1. The maximum absolute atomic E-state index is 12.5. The summed E-state index contributed by atoms with van der Waals surface area (Å²) in [7, 11) is 0. The van der Waals surface area contributed by atoms with Crippen molar-refractivity contribution in [1.82, 2.24) is 24.7 Å². The van der Waals surface area contributed by atoms with Crippen LogP contribution < -0.4 is 10.9 Å². The van der Waals surface area contributed by atoms with E-state index in [0.717, 1.165) is 54.0 Å². The quantitative estimate of drug-likeness (QED) is 0.564. The molecule has 1 aliphatic heterocycles. The first-order valence-electron chi connectivity index (χ1n) is 9.65. The van der Waals surface area contributed by atoms with Crippen molar-refractivity contribution in [1.29, 1.82) is 0 Å². The zero-order valence-electron chi connectivity index (χ0n) is 15.9. The number of hydrogen-bond acceptors (Lipinski definition) is 4. The van der Waals surface area contributed by atoms with Crippen LogP contribution in [0.2, 0.25) is 0 Å². The van der Waals surface area contributed by atoms with Crippen molar-refractivity contribution in [2.45, 2.75) is 18.9 Å². The van der Waals surface area contributed by atoms with Gasteiger partial charge < -0.3 is 5.32 Å². The van der Waals surface area contributed by atoms with Gasteiger partial charge >= 0.3 is 0 Å². The zero-order valence-corrected chi connectivity index (χ0v) is 16.7. The van der Waals surface area contributed by atoms with Crippen LogP contribution >= 0.6 is 12.4 Å². The lowest BCUT2D eigenvalue weighted by molar-refractivity contribution is 0.332. The monoisotopic (exact) mass is 407 g/mol. The van der Waals surface area contributed by atoms with E-state index in [4.69, 9.17) is 10.2 Å². The maximum atomic E-state index is 12.5. The summed E-state index contributed by atoms with van der Waals surface area (Å²) in [5.41, 5.74) is 4.56. The Balaban J connectivity index is 0.00000205. The number of piperidine rings is 1. The molecular weight excluding hydrogens is 386 g/mol. The molecule has 4 aromatic rings. The second-order valence-corrected chi connectivity index (χ2v) is 7.10. The number of rotatable bonds is 3. The van der Waals surface area contributed by atoms with Gasteiger partial charge in [-0.2, -0.15) is 10.2 Å². The minimum absolute atomic E-state index is 0. The smallest absolute Gasteiger partial charge is 0.267 e. The van der Waals surface area contributed by atoms with Gasteiger partial charge in [0, 0.05) is 17.8 Å².